The number of amides is 1. The molecular formula is C16H19N3O2. The Hall–Kier alpha value is -2.14. The van der Waals surface area contributed by atoms with E-state index in [-0.39, 0.29) is 11.9 Å². The molecule has 1 atom stereocenters. The molecule has 0 unspecified atom stereocenters. The minimum atomic E-state index is -0.272. The lowest BCUT2D eigenvalue weighted by atomic mass is 10.0. The molecule has 110 valence electrons. The summed E-state index contributed by atoms with van der Waals surface area (Å²) in [6.45, 7) is 3.70. The molecule has 1 amide bonds. The minimum Gasteiger partial charge on any atom is -0.360 e. The van der Waals surface area contributed by atoms with E-state index in [0.717, 1.165) is 31.5 Å². The maximum atomic E-state index is 12.7. The third-order valence-corrected chi connectivity index (χ3v) is 3.75. The molecule has 0 saturated carbocycles. The quantitative estimate of drug-likeness (QED) is 0.938. The number of rotatable bonds is 4. The van der Waals surface area contributed by atoms with Gasteiger partial charge in [0.15, 0.2) is 5.82 Å². The van der Waals surface area contributed by atoms with Crippen LogP contribution in [0.4, 0.5) is 5.82 Å². The van der Waals surface area contributed by atoms with Crippen LogP contribution >= 0.6 is 0 Å². The first-order valence-electron chi connectivity index (χ1n) is 7.27. The summed E-state index contributed by atoms with van der Waals surface area (Å²) in [5.74, 6) is 1.09. The van der Waals surface area contributed by atoms with Gasteiger partial charge in [0.2, 0.25) is 5.91 Å². The second-order valence-corrected chi connectivity index (χ2v) is 5.37. The van der Waals surface area contributed by atoms with Crippen LogP contribution in [-0.2, 0) is 4.79 Å². The molecule has 2 aromatic rings. The first-order valence-corrected chi connectivity index (χ1v) is 7.27. The predicted octanol–water partition coefficient (Wildman–Crippen LogP) is 2.76. The van der Waals surface area contributed by atoms with Gasteiger partial charge in [-0.25, -0.2) is 0 Å². The van der Waals surface area contributed by atoms with E-state index >= 15 is 0 Å². The zero-order chi connectivity index (χ0) is 14.7. The molecule has 1 fully saturated rings. The second kappa shape index (κ2) is 6.10. The topological polar surface area (TPSA) is 58.4 Å². The van der Waals surface area contributed by atoms with E-state index in [1.165, 1.54) is 0 Å². The van der Waals surface area contributed by atoms with Gasteiger partial charge in [-0.15, -0.1) is 0 Å². The Labute approximate surface area is 123 Å². The molecule has 5 heteroatoms. The summed E-state index contributed by atoms with van der Waals surface area (Å²) < 4.78 is 5.00. The van der Waals surface area contributed by atoms with Crippen LogP contribution in [0.15, 0.2) is 40.9 Å². The first-order chi connectivity index (χ1) is 10.2. The maximum absolute atomic E-state index is 12.7. The Balaban J connectivity index is 1.82. The molecule has 1 saturated heterocycles. The molecule has 21 heavy (non-hydrogen) atoms. The van der Waals surface area contributed by atoms with E-state index in [4.69, 9.17) is 4.52 Å². The number of likely N-dealkylation sites (tertiary alicyclic amines) is 1. The van der Waals surface area contributed by atoms with Crippen molar-refractivity contribution in [3.8, 4) is 0 Å². The third-order valence-electron chi connectivity index (χ3n) is 3.75. The van der Waals surface area contributed by atoms with Gasteiger partial charge < -0.3 is 9.84 Å². The summed E-state index contributed by atoms with van der Waals surface area (Å²) >= 11 is 0. The minimum absolute atomic E-state index is 0.0589. The van der Waals surface area contributed by atoms with Crippen LogP contribution in [0.1, 0.15) is 30.2 Å². The summed E-state index contributed by atoms with van der Waals surface area (Å²) in [6.07, 6.45) is 2.28. The highest BCUT2D eigenvalue weighted by atomic mass is 16.5. The SMILES string of the molecule is Cc1cc(NC(=O)[C@@H](c2ccccc2)N2CCCC2)no1. The van der Waals surface area contributed by atoms with Gasteiger partial charge in [0.25, 0.3) is 0 Å². The fourth-order valence-corrected chi connectivity index (χ4v) is 2.78. The molecular weight excluding hydrogens is 266 g/mol. The summed E-state index contributed by atoms with van der Waals surface area (Å²) in [5, 5.41) is 6.69. The number of aromatic nitrogens is 1. The summed E-state index contributed by atoms with van der Waals surface area (Å²) in [6, 6.07) is 11.3. The summed E-state index contributed by atoms with van der Waals surface area (Å²) in [7, 11) is 0. The van der Waals surface area contributed by atoms with Crippen LogP contribution in [0.2, 0.25) is 0 Å². The molecule has 0 radical (unpaired) electrons. The van der Waals surface area contributed by atoms with E-state index in [9.17, 15) is 4.79 Å². The van der Waals surface area contributed by atoms with E-state index in [2.05, 4.69) is 15.4 Å². The number of carbonyl (C=O) groups is 1. The molecule has 1 aliphatic heterocycles. The number of hydrogen-bond acceptors (Lipinski definition) is 4. The van der Waals surface area contributed by atoms with Gasteiger partial charge in [0.1, 0.15) is 11.8 Å². The number of nitrogens with one attached hydrogen (secondary N) is 1. The normalized spacial score (nSPS) is 16.8. The standard InChI is InChI=1S/C16H19N3O2/c1-12-11-14(18-21-12)17-16(20)15(19-9-5-6-10-19)13-7-3-2-4-8-13/h2-4,7-8,11,15H,5-6,9-10H2,1H3,(H,17,18,20)/t15-/m1/s1. The van der Waals surface area contributed by atoms with Crippen molar-refractivity contribution < 1.29 is 9.32 Å². The van der Waals surface area contributed by atoms with Crippen molar-refractivity contribution in [2.24, 2.45) is 0 Å². The average molecular weight is 285 g/mol. The zero-order valence-corrected chi connectivity index (χ0v) is 12.1. The highest BCUT2D eigenvalue weighted by molar-refractivity contribution is 5.94. The molecule has 2 heterocycles. The van der Waals surface area contributed by atoms with Gasteiger partial charge in [-0.1, -0.05) is 35.5 Å². The lowest BCUT2D eigenvalue weighted by Crippen LogP contribution is -2.35. The second-order valence-electron chi connectivity index (χ2n) is 5.37. The Morgan fingerprint density at radius 2 is 2.00 bits per heavy atom. The van der Waals surface area contributed by atoms with Crippen LogP contribution in [0.5, 0.6) is 0 Å². The van der Waals surface area contributed by atoms with Gasteiger partial charge in [-0.2, -0.15) is 0 Å². The predicted molar refractivity (Wildman–Crippen MR) is 79.9 cm³/mol. The molecule has 0 spiro atoms. The monoisotopic (exact) mass is 285 g/mol. The van der Waals surface area contributed by atoms with Crippen LogP contribution < -0.4 is 5.32 Å². The van der Waals surface area contributed by atoms with E-state index in [1.54, 1.807) is 13.0 Å². The van der Waals surface area contributed by atoms with Gasteiger partial charge in [-0.3, -0.25) is 9.69 Å². The van der Waals surface area contributed by atoms with Crippen molar-refractivity contribution in [3.63, 3.8) is 0 Å². The number of aryl methyl sites for hydroxylation is 1. The number of anilines is 1. The van der Waals surface area contributed by atoms with Crippen molar-refractivity contribution in [1.82, 2.24) is 10.1 Å². The molecule has 1 aliphatic rings. The van der Waals surface area contributed by atoms with E-state index in [1.807, 2.05) is 30.3 Å². The lowest BCUT2D eigenvalue weighted by Gasteiger charge is -2.26. The fourth-order valence-electron chi connectivity index (χ4n) is 2.78. The van der Waals surface area contributed by atoms with Crippen molar-refractivity contribution in [2.75, 3.05) is 18.4 Å². The molecule has 0 aliphatic carbocycles. The number of benzene rings is 1. The van der Waals surface area contributed by atoms with Crippen molar-refractivity contribution >= 4 is 11.7 Å². The molecule has 0 bridgehead atoms. The number of carbonyl (C=O) groups excluding carboxylic acids is 1. The van der Waals surface area contributed by atoms with Crippen LogP contribution in [0.25, 0.3) is 0 Å². The van der Waals surface area contributed by atoms with Gasteiger partial charge >= 0.3 is 0 Å². The summed E-state index contributed by atoms with van der Waals surface area (Å²) in [4.78, 5) is 14.9. The Morgan fingerprint density at radius 3 is 2.62 bits per heavy atom. The number of nitrogens with zero attached hydrogens (tertiary/aromatic N) is 2. The van der Waals surface area contributed by atoms with Crippen LogP contribution in [0, 0.1) is 6.92 Å². The Morgan fingerprint density at radius 1 is 1.29 bits per heavy atom. The first kappa shape index (κ1) is 13.8. The molecule has 3 rings (SSSR count). The molecule has 5 nitrogen and oxygen atoms in total. The maximum Gasteiger partial charge on any atom is 0.247 e. The van der Waals surface area contributed by atoms with Crippen molar-refractivity contribution in [1.29, 1.82) is 0 Å². The molecule has 1 aromatic carbocycles. The largest absolute Gasteiger partial charge is 0.360 e. The lowest BCUT2D eigenvalue weighted by molar-refractivity contribution is -0.121. The molecule has 1 N–H and O–H groups in total. The highest BCUT2D eigenvalue weighted by Gasteiger charge is 2.30. The van der Waals surface area contributed by atoms with Gasteiger partial charge in [0.05, 0.1) is 0 Å². The van der Waals surface area contributed by atoms with E-state index in [0.29, 0.717) is 11.6 Å². The van der Waals surface area contributed by atoms with Gasteiger partial charge in [0, 0.05) is 6.07 Å². The Kier molecular flexibility index (Phi) is 4.01. The fraction of sp³-hybridized carbons (Fsp3) is 0.375. The van der Waals surface area contributed by atoms with Crippen LogP contribution in [-0.4, -0.2) is 29.1 Å². The third kappa shape index (κ3) is 3.13. The van der Waals surface area contributed by atoms with Crippen LogP contribution in [0.3, 0.4) is 0 Å². The zero-order valence-electron chi connectivity index (χ0n) is 12.1. The van der Waals surface area contributed by atoms with Crippen molar-refractivity contribution in [3.05, 3.63) is 47.7 Å². The molecule has 1 aromatic heterocycles. The summed E-state index contributed by atoms with van der Waals surface area (Å²) in [5.41, 5.74) is 1.01. The van der Waals surface area contributed by atoms with Crippen molar-refractivity contribution in [2.45, 2.75) is 25.8 Å². The Bertz CT molecular complexity index is 603. The smallest absolute Gasteiger partial charge is 0.247 e. The van der Waals surface area contributed by atoms with Gasteiger partial charge in [-0.05, 0) is 38.4 Å². The highest BCUT2D eigenvalue weighted by Crippen LogP contribution is 2.26. The van der Waals surface area contributed by atoms with E-state index < -0.39 is 0 Å². The average Bonchev–Trinajstić information content (AvgIpc) is 3.13. The number of hydrogen-bond donors (Lipinski definition) is 1.